The van der Waals surface area contributed by atoms with E-state index < -0.39 is 0 Å². The molecule has 2 unspecified atom stereocenters. The Labute approximate surface area is 112 Å². The highest BCUT2D eigenvalue weighted by Crippen LogP contribution is 2.29. The monoisotopic (exact) mass is 297 g/mol. The summed E-state index contributed by atoms with van der Waals surface area (Å²) in [5, 5.41) is 3.58. The van der Waals surface area contributed by atoms with E-state index in [0.29, 0.717) is 6.04 Å². The first kappa shape index (κ1) is 12.8. The number of halogens is 1. The predicted octanol–water partition coefficient (Wildman–Crippen LogP) is 3.93. The molecule has 1 saturated carbocycles. The largest absolute Gasteiger partial charge is 0.367 e. The number of aryl methyl sites for hydroxylation is 1. The first-order valence-electron chi connectivity index (χ1n) is 6.46. The van der Waals surface area contributed by atoms with Crippen LogP contribution in [0.5, 0.6) is 0 Å². The molecule has 0 amide bonds. The number of hydrogen-bond acceptors (Lipinski definition) is 3. The van der Waals surface area contributed by atoms with Gasteiger partial charge in [-0.25, -0.2) is 9.97 Å². The van der Waals surface area contributed by atoms with Crippen LogP contribution in [0.2, 0.25) is 0 Å². The van der Waals surface area contributed by atoms with Gasteiger partial charge in [0.05, 0.1) is 0 Å². The summed E-state index contributed by atoms with van der Waals surface area (Å²) < 4.78 is 0.858. The number of anilines is 1. The Morgan fingerprint density at radius 2 is 2.12 bits per heavy atom. The summed E-state index contributed by atoms with van der Waals surface area (Å²) in [5.74, 6) is 2.55. The van der Waals surface area contributed by atoms with Crippen molar-refractivity contribution in [3.8, 4) is 0 Å². The van der Waals surface area contributed by atoms with Crippen LogP contribution in [0.15, 0.2) is 10.7 Å². The third-order valence-corrected chi connectivity index (χ3v) is 3.98. The molecule has 1 aliphatic rings. The quantitative estimate of drug-likeness (QED) is 0.859. The highest BCUT2D eigenvalue weighted by atomic mass is 79.9. The normalized spacial score (nSPS) is 24.6. The molecule has 0 aromatic carbocycles. The molecule has 1 aliphatic carbocycles. The highest BCUT2D eigenvalue weighted by molar-refractivity contribution is 9.10. The van der Waals surface area contributed by atoms with E-state index in [1.165, 1.54) is 32.1 Å². The van der Waals surface area contributed by atoms with Crippen LogP contribution in [-0.2, 0) is 0 Å². The van der Waals surface area contributed by atoms with Crippen molar-refractivity contribution in [3.63, 3.8) is 0 Å². The molecule has 0 bridgehead atoms. The first-order valence-corrected chi connectivity index (χ1v) is 7.26. The summed E-state index contributed by atoms with van der Waals surface area (Å²) in [6.07, 6.45) is 6.57. The van der Waals surface area contributed by atoms with Gasteiger partial charge >= 0.3 is 0 Å². The van der Waals surface area contributed by atoms with E-state index in [4.69, 9.17) is 0 Å². The van der Waals surface area contributed by atoms with Gasteiger partial charge < -0.3 is 5.32 Å². The molecular formula is C13H20BrN3. The average Bonchev–Trinajstić information content (AvgIpc) is 2.28. The molecule has 1 fully saturated rings. The van der Waals surface area contributed by atoms with E-state index >= 15 is 0 Å². The van der Waals surface area contributed by atoms with Crippen LogP contribution in [0, 0.1) is 12.8 Å². The van der Waals surface area contributed by atoms with Gasteiger partial charge in [0.15, 0.2) is 0 Å². The lowest BCUT2D eigenvalue weighted by atomic mass is 9.83. The van der Waals surface area contributed by atoms with E-state index in [9.17, 15) is 0 Å². The maximum Gasteiger partial charge on any atom is 0.131 e. The van der Waals surface area contributed by atoms with Gasteiger partial charge in [0.1, 0.15) is 16.2 Å². The second-order valence-corrected chi connectivity index (χ2v) is 5.64. The van der Waals surface area contributed by atoms with Crippen molar-refractivity contribution in [1.29, 1.82) is 0 Å². The molecule has 0 aliphatic heterocycles. The maximum atomic E-state index is 4.44. The van der Waals surface area contributed by atoms with Crippen LogP contribution in [0.25, 0.3) is 0 Å². The summed E-state index contributed by atoms with van der Waals surface area (Å²) >= 11 is 3.42. The Morgan fingerprint density at radius 3 is 2.82 bits per heavy atom. The minimum Gasteiger partial charge on any atom is -0.367 e. The fraction of sp³-hybridized carbons (Fsp3) is 0.692. The summed E-state index contributed by atoms with van der Waals surface area (Å²) in [4.78, 5) is 8.68. The first-order chi connectivity index (χ1) is 8.19. The van der Waals surface area contributed by atoms with Crippen LogP contribution >= 0.6 is 15.9 Å². The van der Waals surface area contributed by atoms with Crippen molar-refractivity contribution in [2.45, 2.75) is 52.0 Å². The van der Waals surface area contributed by atoms with E-state index in [-0.39, 0.29) is 0 Å². The summed E-state index contributed by atoms with van der Waals surface area (Å²) in [6.45, 7) is 4.21. The van der Waals surface area contributed by atoms with Gasteiger partial charge in [-0.2, -0.15) is 0 Å². The minimum atomic E-state index is 0.579. The molecule has 0 radical (unpaired) electrons. The third kappa shape index (κ3) is 3.41. The van der Waals surface area contributed by atoms with Gasteiger partial charge in [-0.15, -0.1) is 0 Å². The van der Waals surface area contributed by atoms with E-state index in [0.717, 1.165) is 22.2 Å². The van der Waals surface area contributed by atoms with Gasteiger partial charge in [0.2, 0.25) is 0 Å². The van der Waals surface area contributed by atoms with E-state index in [1.807, 2.05) is 13.0 Å². The van der Waals surface area contributed by atoms with Crippen molar-refractivity contribution < 1.29 is 0 Å². The molecule has 1 heterocycles. The molecule has 2 rings (SSSR count). The zero-order valence-electron chi connectivity index (χ0n) is 10.5. The van der Waals surface area contributed by atoms with E-state index in [2.05, 4.69) is 38.1 Å². The Balaban J connectivity index is 2.08. The molecule has 1 aromatic heterocycles. The molecule has 4 heteroatoms. The van der Waals surface area contributed by atoms with Crippen molar-refractivity contribution >= 4 is 21.7 Å². The smallest absolute Gasteiger partial charge is 0.131 e. The number of nitrogens with one attached hydrogen (secondary N) is 1. The predicted molar refractivity (Wildman–Crippen MR) is 74.1 cm³/mol. The number of rotatable bonds is 3. The second-order valence-electron chi connectivity index (χ2n) is 4.83. The van der Waals surface area contributed by atoms with Gasteiger partial charge in [0.25, 0.3) is 0 Å². The lowest BCUT2D eigenvalue weighted by Crippen LogP contribution is -2.32. The summed E-state index contributed by atoms with van der Waals surface area (Å²) in [6, 6.07) is 2.55. The van der Waals surface area contributed by atoms with Crippen molar-refractivity contribution in [2.75, 3.05) is 5.32 Å². The standard InChI is InChI=1S/C13H20BrN3/c1-3-10-6-4-5-7-11(10)17-13-8-12(14)15-9(2)16-13/h8,10-11H,3-7H2,1-2H3,(H,15,16,17). The van der Waals surface area contributed by atoms with Crippen LogP contribution in [0.1, 0.15) is 44.9 Å². The molecule has 2 atom stereocenters. The zero-order chi connectivity index (χ0) is 12.3. The van der Waals surface area contributed by atoms with Crippen LogP contribution in [0.3, 0.4) is 0 Å². The Bertz CT molecular complexity index is 361. The topological polar surface area (TPSA) is 37.8 Å². The molecule has 3 nitrogen and oxygen atoms in total. The van der Waals surface area contributed by atoms with E-state index in [1.54, 1.807) is 0 Å². The number of hydrogen-bond donors (Lipinski definition) is 1. The second kappa shape index (κ2) is 5.80. The van der Waals surface area contributed by atoms with Gasteiger partial charge in [-0.1, -0.05) is 26.2 Å². The average molecular weight is 298 g/mol. The van der Waals surface area contributed by atoms with Gasteiger partial charge in [0, 0.05) is 12.1 Å². The molecule has 0 spiro atoms. The van der Waals surface area contributed by atoms with Crippen molar-refractivity contribution in [2.24, 2.45) is 5.92 Å². The van der Waals surface area contributed by atoms with Crippen molar-refractivity contribution in [1.82, 2.24) is 9.97 Å². The Kier molecular flexibility index (Phi) is 4.37. The lowest BCUT2D eigenvalue weighted by Gasteiger charge is -2.31. The summed E-state index contributed by atoms with van der Waals surface area (Å²) in [7, 11) is 0. The van der Waals surface area contributed by atoms with Gasteiger partial charge in [-0.05, 0) is 41.6 Å². The summed E-state index contributed by atoms with van der Waals surface area (Å²) in [5.41, 5.74) is 0. The molecule has 0 saturated heterocycles. The maximum absolute atomic E-state index is 4.44. The minimum absolute atomic E-state index is 0.579. The Morgan fingerprint density at radius 1 is 1.35 bits per heavy atom. The number of aromatic nitrogens is 2. The zero-order valence-corrected chi connectivity index (χ0v) is 12.1. The van der Waals surface area contributed by atoms with Crippen LogP contribution in [-0.4, -0.2) is 16.0 Å². The number of nitrogens with zero attached hydrogens (tertiary/aromatic N) is 2. The highest BCUT2D eigenvalue weighted by Gasteiger charge is 2.23. The van der Waals surface area contributed by atoms with Crippen LogP contribution < -0.4 is 5.32 Å². The molecule has 1 N–H and O–H groups in total. The molecule has 1 aromatic rings. The third-order valence-electron chi connectivity index (χ3n) is 3.57. The lowest BCUT2D eigenvalue weighted by molar-refractivity contribution is 0.317. The van der Waals surface area contributed by atoms with Crippen LogP contribution in [0.4, 0.5) is 5.82 Å². The SMILES string of the molecule is CCC1CCCCC1Nc1cc(Br)nc(C)n1. The molecular weight excluding hydrogens is 278 g/mol. The fourth-order valence-electron chi connectivity index (χ4n) is 2.68. The Hall–Kier alpha value is -0.640. The fourth-order valence-corrected chi connectivity index (χ4v) is 3.15. The molecule has 94 valence electrons. The van der Waals surface area contributed by atoms with Gasteiger partial charge in [-0.3, -0.25) is 0 Å². The molecule has 17 heavy (non-hydrogen) atoms. The van der Waals surface area contributed by atoms with Crippen molar-refractivity contribution in [3.05, 3.63) is 16.5 Å².